The van der Waals surface area contributed by atoms with Gasteiger partial charge in [-0.1, -0.05) is 12.8 Å². The Balaban J connectivity index is 2.71. The highest BCUT2D eigenvalue weighted by Crippen LogP contribution is 2.23. The summed E-state index contributed by atoms with van der Waals surface area (Å²) in [7, 11) is 0. The molecule has 0 saturated heterocycles. The van der Waals surface area contributed by atoms with E-state index in [1.54, 1.807) is 0 Å². The van der Waals surface area contributed by atoms with Crippen LogP contribution in [0.15, 0.2) is 0 Å². The van der Waals surface area contributed by atoms with E-state index in [2.05, 4.69) is 0 Å². The van der Waals surface area contributed by atoms with Crippen molar-refractivity contribution in [1.82, 2.24) is 4.90 Å². The van der Waals surface area contributed by atoms with Crippen molar-refractivity contribution in [2.24, 2.45) is 11.5 Å². The van der Waals surface area contributed by atoms with Gasteiger partial charge in [-0.2, -0.15) is 0 Å². The zero-order valence-electron chi connectivity index (χ0n) is 10.2. The Labute approximate surface area is 105 Å². The van der Waals surface area contributed by atoms with Crippen molar-refractivity contribution in [2.75, 3.05) is 6.54 Å². The van der Waals surface area contributed by atoms with Gasteiger partial charge in [0, 0.05) is 6.04 Å². The van der Waals surface area contributed by atoms with Crippen LogP contribution in [0, 0.1) is 0 Å². The van der Waals surface area contributed by atoms with E-state index in [0.29, 0.717) is 0 Å². The molecule has 1 atom stereocenters. The minimum Gasteiger partial charge on any atom is -0.481 e. The summed E-state index contributed by atoms with van der Waals surface area (Å²) in [6.45, 7) is -0.198. The molecule has 2 amide bonds. The Morgan fingerprint density at radius 2 is 1.83 bits per heavy atom. The number of rotatable bonds is 6. The molecule has 0 spiro atoms. The quantitative estimate of drug-likeness (QED) is 0.565. The first-order valence-corrected chi connectivity index (χ1v) is 5.98. The van der Waals surface area contributed by atoms with Crippen LogP contribution < -0.4 is 11.5 Å². The summed E-state index contributed by atoms with van der Waals surface area (Å²) in [4.78, 5) is 34.9. The minimum absolute atomic E-state index is 0.0511. The Morgan fingerprint density at radius 1 is 1.28 bits per heavy atom. The van der Waals surface area contributed by atoms with Crippen molar-refractivity contribution < 1.29 is 19.5 Å². The molecule has 7 heteroatoms. The molecule has 1 aliphatic rings. The maximum atomic E-state index is 12.0. The van der Waals surface area contributed by atoms with Gasteiger partial charge in [0.25, 0.3) is 0 Å². The van der Waals surface area contributed by atoms with Gasteiger partial charge in [0.05, 0.1) is 19.0 Å². The molecule has 0 aromatic rings. The van der Waals surface area contributed by atoms with Crippen molar-refractivity contribution in [3.05, 3.63) is 0 Å². The van der Waals surface area contributed by atoms with Gasteiger partial charge < -0.3 is 21.5 Å². The van der Waals surface area contributed by atoms with Gasteiger partial charge in [-0.3, -0.25) is 14.4 Å². The highest BCUT2D eigenvalue weighted by Gasteiger charge is 2.31. The first-order valence-electron chi connectivity index (χ1n) is 5.98. The normalized spacial score (nSPS) is 17.4. The highest BCUT2D eigenvalue weighted by molar-refractivity contribution is 5.89. The van der Waals surface area contributed by atoms with Crippen LogP contribution in [0.3, 0.4) is 0 Å². The fraction of sp³-hybridized carbons (Fsp3) is 0.727. The number of carboxylic acids is 1. The monoisotopic (exact) mass is 257 g/mol. The van der Waals surface area contributed by atoms with Crippen LogP contribution in [-0.4, -0.2) is 46.4 Å². The number of primary amides is 1. The second-order valence-corrected chi connectivity index (χ2v) is 4.58. The molecule has 0 aromatic heterocycles. The number of nitrogens with zero attached hydrogens (tertiary/aromatic N) is 1. The number of hydrogen-bond acceptors (Lipinski definition) is 4. The van der Waals surface area contributed by atoms with Gasteiger partial charge in [0.2, 0.25) is 11.8 Å². The predicted molar refractivity (Wildman–Crippen MR) is 63.4 cm³/mol. The van der Waals surface area contributed by atoms with Gasteiger partial charge in [0.15, 0.2) is 0 Å². The summed E-state index contributed by atoms with van der Waals surface area (Å²) >= 11 is 0. The lowest BCUT2D eigenvalue weighted by Crippen LogP contribution is -2.51. The summed E-state index contributed by atoms with van der Waals surface area (Å²) < 4.78 is 0. The molecule has 1 fully saturated rings. The molecule has 5 N–H and O–H groups in total. The van der Waals surface area contributed by atoms with E-state index in [-0.39, 0.29) is 12.6 Å². The maximum absolute atomic E-state index is 12.0. The predicted octanol–water partition coefficient (Wildman–Crippen LogP) is -0.955. The van der Waals surface area contributed by atoms with Crippen molar-refractivity contribution in [1.29, 1.82) is 0 Å². The summed E-state index contributed by atoms with van der Waals surface area (Å²) in [5, 5.41) is 8.62. The Kier molecular flexibility index (Phi) is 5.08. The van der Waals surface area contributed by atoms with E-state index < -0.39 is 30.2 Å². The lowest BCUT2D eigenvalue weighted by Gasteiger charge is -2.29. The zero-order valence-corrected chi connectivity index (χ0v) is 10.2. The molecule has 0 radical (unpaired) electrons. The Morgan fingerprint density at radius 3 is 2.28 bits per heavy atom. The van der Waals surface area contributed by atoms with E-state index in [1.807, 2.05) is 0 Å². The number of hydrogen-bond donors (Lipinski definition) is 3. The molecule has 1 aliphatic carbocycles. The molecule has 1 saturated carbocycles. The fourth-order valence-electron chi connectivity index (χ4n) is 2.26. The second-order valence-electron chi connectivity index (χ2n) is 4.58. The van der Waals surface area contributed by atoms with Crippen LogP contribution in [0.2, 0.25) is 0 Å². The van der Waals surface area contributed by atoms with Gasteiger partial charge in [-0.25, -0.2) is 0 Å². The van der Waals surface area contributed by atoms with Gasteiger partial charge in [-0.05, 0) is 12.8 Å². The van der Waals surface area contributed by atoms with Gasteiger partial charge in [-0.15, -0.1) is 0 Å². The summed E-state index contributed by atoms with van der Waals surface area (Å²) in [5.74, 6) is -2.26. The summed E-state index contributed by atoms with van der Waals surface area (Å²) in [5.41, 5.74) is 10.6. The topological polar surface area (TPSA) is 127 Å². The standard InChI is InChI=1S/C11H19N3O4/c12-8(5-10(16)17)11(18)14(6-9(13)15)7-3-1-2-4-7/h7-8H,1-6,12H2,(H2,13,15)(H,16,17). The molecule has 0 aromatic carbocycles. The summed E-state index contributed by atoms with van der Waals surface area (Å²) in [6, 6.07) is -1.17. The minimum atomic E-state index is -1.14. The zero-order chi connectivity index (χ0) is 13.7. The van der Waals surface area contributed by atoms with E-state index in [4.69, 9.17) is 16.6 Å². The van der Waals surface area contributed by atoms with E-state index in [0.717, 1.165) is 25.7 Å². The van der Waals surface area contributed by atoms with Gasteiger partial charge in [0.1, 0.15) is 0 Å². The van der Waals surface area contributed by atoms with Crippen LogP contribution in [0.1, 0.15) is 32.1 Å². The lowest BCUT2D eigenvalue weighted by molar-refractivity contribution is -0.143. The number of amides is 2. The van der Waals surface area contributed by atoms with Crippen LogP contribution in [0.5, 0.6) is 0 Å². The highest BCUT2D eigenvalue weighted by atomic mass is 16.4. The van der Waals surface area contributed by atoms with Crippen LogP contribution >= 0.6 is 0 Å². The third-order valence-electron chi connectivity index (χ3n) is 3.09. The SMILES string of the molecule is NC(=O)CN(C(=O)C(N)CC(=O)O)C1CCCC1. The smallest absolute Gasteiger partial charge is 0.305 e. The first-order chi connectivity index (χ1) is 8.41. The molecule has 102 valence electrons. The fourth-order valence-corrected chi connectivity index (χ4v) is 2.26. The van der Waals surface area contributed by atoms with Crippen LogP contribution in [0.4, 0.5) is 0 Å². The number of carbonyl (C=O) groups is 3. The molecule has 7 nitrogen and oxygen atoms in total. The van der Waals surface area contributed by atoms with Crippen molar-refractivity contribution >= 4 is 17.8 Å². The lowest BCUT2D eigenvalue weighted by atomic mass is 10.1. The second kappa shape index (κ2) is 6.34. The number of carbonyl (C=O) groups excluding carboxylic acids is 2. The van der Waals surface area contributed by atoms with Gasteiger partial charge >= 0.3 is 5.97 Å². The Hall–Kier alpha value is -1.63. The molecular weight excluding hydrogens is 238 g/mol. The van der Waals surface area contributed by atoms with Crippen molar-refractivity contribution in [3.63, 3.8) is 0 Å². The first kappa shape index (κ1) is 14.4. The maximum Gasteiger partial charge on any atom is 0.305 e. The van der Waals surface area contributed by atoms with E-state index in [1.165, 1.54) is 4.90 Å². The van der Waals surface area contributed by atoms with E-state index >= 15 is 0 Å². The largest absolute Gasteiger partial charge is 0.481 e. The molecule has 18 heavy (non-hydrogen) atoms. The third-order valence-corrected chi connectivity index (χ3v) is 3.09. The van der Waals surface area contributed by atoms with E-state index in [9.17, 15) is 14.4 Å². The average Bonchev–Trinajstić information content (AvgIpc) is 2.76. The van der Waals surface area contributed by atoms with Crippen LogP contribution in [-0.2, 0) is 14.4 Å². The van der Waals surface area contributed by atoms with Crippen LogP contribution in [0.25, 0.3) is 0 Å². The molecule has 0 bridgehead atoms. The molecule has 0 aliphatic heterocycles. The molecular formula is C11H19N3O4. The van der Waals surface area contributed by atoms with Crippen molar-refractivity contribution in [3.8, 4) is 0 Å². The number of nitrogens with two attached hydrogens (primary N) is 2. The van der Waals surface area contributed by atoms with Crippen molar-refractivity contribution in [2.45, 2.75) is 44.2 Å². The number of carboxylic acid groups (broad SMARTS) is 1. The molecule has 1 unspecified atom stereocenters. The molecule has 1 rings (SSSR count). The Bertz CT molecular complexity index is 339. The number of aliphatic carboxylic acids is 1. The molecule has 0 heterocycles. The third kappa shape index (κ3) is 3.99. The average molecular weight is 257 g/mol. The summed E-state index contributed by atoms with van der Waals surface area (Å²) in [6.07, 6.45) is 3.14.